The first kappa shape index (κ1) is 19.5. The van der Waals surface area contributed by atoms with Crippen LogP contribution < -0.4 is 14.8 Å². The maximum atomic E-state index is 12.1. The Morgan fingerprint density at radius 1 is 1.04 bits per heavy atom. The topological polar surface area (TPSA) is 63.3 Å². The predicted octanol–water partition coefficient (Wildman–Crippen LogP) is 0.987. The van der Waals surface area contributed by atoms with Crippen LogP contribution in [0, 0.1) is 5.92 Å². The molecule has 1 unspecified atom stereocenters. The molecule has 7 heteroatoms. The highest BCUT2D eigenvalue weighted by atomic mass is 16.6. The van der Waals surface area contributed by atoms with Crippen LogP contribution in [0.15, 0.2) is 24.3 Å². The largest absolute Gasteiger partial charge is 0.486 e. The molecule has 7 nitrogen and oxygen atoms in total. The Morgan fingerprint density at radius 2 is 1.79 bits per heavy atom. The van der Waals surface area contributed by atoms with Gasteiger partial charge in [0.15, 0.2) is 11.5 Å². The minimum absolute atomic E-state index is 0.0830. The van der Waals surface area contributed by atoms with Gasteiger partial charge in [-0.1, -0.05) is 12.1 Å². The van der Waals surface area contributed by atoms with Crippen LogP contribution in [0.25, 0.3) is 0 Å². The molecule has 1 aromatic carbocycles. The summed E-state index contributed by atoms with van der Waals surface area (Å²) >= 11 is 0. The zero-order valence-electron chi connectivity index (χ0n) is 16.5. The number of carbonyl (C=O) groups excluding carboxylic acids is 1. The molecule has 1 atom stereocenters. The van der Waals surface area contributed by atoms with Gasteiger partial charge < -0.3 is 19.5 Å². The zero-order valence-corrected chi connectivity index (χ0v) is 16.5. The van der Waals surface area contributed by atoms with Crippen molar-refractivity contribution in [3.05, 3.63) is 24.3 Å². The van der Waals surface area contributed by atoms with Crippen molar-refractivity contribution in [1.82, 2.24) is 15.1 Å². The molecule has 0 bridgehead atoms. The van der Waals surface area contributed by atoms with E-state index in [4.69, 9.17) is 14.2 Å². The van der Waals surface area contributed by atoms with E-state index in [-0.39, 0.29) is 12.0 Å². The molecule has 0 aromatic heterocycles. The van der Waals surface area contributed by atoms with Crippen molar-refractivity contribution in [2.45, 2.75) is 18.9 Å². The molecule has 1 aromatic rings. The van der Waals surface area contributed by atoms with E-state index in [1.54, 1.807) is 0 Å². The lowest BCUT2D eigenvalue weighted by molar-refractivity contribution is -0.123. The number of carbonyl (C=O) groups is 1. The Hall–Kier alpha value is -1.83. The summed E-state index contributed by atoms with van der Waals surface area (Å²) in [5, 5.41) is 3.12. The number of benzene rings is 1. The molecule has 1 N–H and O–H groups in total. The maximum Gasteiger partial charge on any atom is 0.234 e. The molecule has 0 aliphatic carbocycles. The molecule has 1 amide bonds. The van der Waals surface area contributed by atoms with E-state index in [0.29, 0.717) is 19.1 Å². The van der Waals surface area contributed by atoms with Crippen molar-refractivity contribution in [1.29, 1.82) is 0 Å². The van der Waals surface area contributed by atoms with Gasteiger partial charge in [0, 0.05) is 26.2 Å². The zero-order chi connectivity index (χ0) is 19.2. The van der Waals surface area contributed by atoms with Gasteiger partial charge in [-0.25, -0.2) is 0 Å². The molecule has 0 radical (unpaired) electrons. The smallest absolute Gasteiger partial charge is 0.234 e. The second-order valence-electron chi connectivity index (χ2n) is 7.93. The number of morpholine rings is 1. The van der Waals surface area contributed by atoms with Crippen molar-refractivity contribution >= 4 is 5.91 Å². The van der Waals surface area contributed by atoms with Crippen molar-refractivity contribution in [3.8, 4) is 11.5 Å². The number of ether oxygens (including phenoxy) is 3. The lowest BCUT2D eigenvalue weighted by atomic mass is 9.96. The second kappa shape index (κ2) is 9.58. The van der Waals surface area contributed by atoms with E-state index < -0.39 is 0 Å². The van der Waals surface area contributed by atoms with Crippen molar-refractivity contribution in [2.75, 3.05) is 65.6 Å². The molecular weight excluding hydrogens is 358 g/mol. The summed E-state index contributed by atoms with van der Waals surface area (Å²) in [6.07, 6.45) is 2.31. The third kappa shape index (κ3) is 5.37. The number of rotatable bonds is 6. The molecule has 3 aliphatic heterocycles. The van der Waals surface area contributed by atoms with E-state index in [9.17, 15) is 4.79 Å². The quantitative estimate of drug-likeness (QED) is 0.783. The highest BCUT2D eigenvalue weighted by molar-refractivity contribution is 5.78. The van der Waals surface area contributed by atoms with Crippen LogP contribution in [-0.2, 0) is 9.53 Å². The van der Waals surface area contributed by atoms with Crippen LogP contribution in [-0.4, -0.2) is 87.4 Å². The molecule has 4 rings (SSSR count). The molecule has 2 saturated heterocycles. The summed E-state index contributed by atoms with van der Waals surface area (Å²) in [7, 11) is 0. The second-order valence-corrected chi connectivity index (χ2v) is 7.93. The van der Waals surface area contributed by atoms with Gasteiger partial charge in [-0.2, -0.15) is 0 Å². The lowest BCUT2D eigenvalue weighted by Gasteiger charge is -2.35. The van der Waals surface area contributed by atoms with Gasteiger partial charge in [0.1, 0.15) is 12.7 Å². The Kier molecular flexibility index (Phi) is 6.67. The molecule has 28 heavy (non-hydrogen) atoms. The number of likely N-dealkylation sites (tertiary alicyclic amines) is 1. The van der Waals surface area contributed by atoms with Crippen molar-refractivity contribution in [2.24, 2.45) is 5.92 Å². The summed E-state index contributed by atoms with van der Waals surface area (Å²) in [6.45, 7) is 8.03. The molecule has 2 fully saturated rings. The summed E-state index contributed by atoms with van der Waals surface area (Å²) in [4.78, 5) is 16.8. The van der Waals surface area contributed by atoms with E-state index in [1.807, 2.05) is 24.3 Å². The molecule has 3 heterocycles. The van der Waals surface area contributed by atoms with E-state index >= 15 is 0 Å². The van der Waals surface area contributed by atoms with E-state index in [1.165, 1.54) is 0 Å². The normalized spacial score (nSPS) is 24.1. The van der Waals surface area contributed by atoms with Crippen molar-refractivity contribution in [3.63, 3.8) is 0 Å². The van der Waals surface area contributed by atoms with Gasteiger partial charge in [-0.3, -0.25) is 14.6 Å². The first-order valence-electron chi connectivity index (χ1n) is 10.4. The highest BCUT2D eigenvalue weighted by Crippen LogP contribution is 2.31. The molecule has 0 saturated carbocycles. The van der Waals surface area contributed by atoms with Crippen LogP contribution in [0.4, 0.5) is 0 Å². The molecular formula is C21H31N3O4. The standard InChI is InChI=1S/C21H31N3O4/c25-21(15-24-9-11-26-12-10-24)22-13-17-5-7-23(8-6-17)14-18-16-27-19-3-1-2-4-20(19)28-18/h1-4,17-18H,5-16H2,(H,22,25). The monoisotopic (exact) mass is 389 g/mol. The van der Waals surface area contributed by atoms with E-state index in [0.717, 1.165) is 76.8 Å². The molecule has 154 valence electrons. The van der Waals surface area contributed by atoms with Crippen LogP contribution in [0.2, 0.25) is 0 Å². The lowest BCUT2D eigenvalue weighted by Crippen LogP contribution is -2.46. The number of fused-ring (bicyclic) bond motifs is 1. The Balaban J connectivity index is 1.13. The Bertz CT molecular complexity index is 642. The first-order chi connectivity index (χ1) is 13.8. The summed E-state index contributed by atoms with van der Waals surface area (Å²) in [5.41, 5.74) is 0. The summed E-state index contributed by atoms with van der Waals surface area (Å²) < 4.78 is 17.2. The summed E-state index contributed by atoms with van der Waals surface area (Å²) in [6, 6.07) is 7.86. The van der Waals surface area contributed by atoms with Gasteiger partial charge >= 0.3 is 0 Å². The van der Waals surface area contributed by atoms with Gasteiger partial charge in [-0.15, -0.1) is 0 Å². The minimum Gasteiger partial charge on any atom is -0.486 e. The number of nitrogens with one attached hydrogen (secondary N) is 1. The SMILES string of the molecule is O=C(CN1CCOCC1)NCC1CCN(CC2COc3ccccc3O2)CC1. The fraction of sp³-hybridized carbons (Fsp3) is 0.667. The third-order valence-corrected chi connectivity index (χ3v) is 5.80. The maximum absolute atomic E-state index is 12.1. The van der Waals surface area contributed by atoms with Gasteiger partial charge in [-0.05, 0) is 44.0 Å². The Morgan fingerprint density at radius 3 is 2.57 bits per heavy atom. The highest BCUT2D eigenvalue weighted by Gasteiger charge is 2.26. The fourth-order valence-electron chi connectivity index (χ4n) is 4.09. The minimum atomic E-state index is 0.0830. The summed E-state index contributed by atoms with van der Waals surface area (Å²) in [5.74, 6) is 2.38. The average molecular weight is 389 g/mol. The average Bonchev–Trinajstić information content (AvgIpc) is 2.74. The van der Waals surface area contributed by atoms with E-state index in [2.05, 4.69) is 15.1 Å². The third-order valence-electron chi connectivity index (χ3n) is 5.80. The number of amides is 1. The number of hydrogen-bond acceptors (Lipinski definition) is 6. The predicted molar refractivity (Wildman–Crippen MR) is 106 cm³/mol. The van der Waals surface area contributed by atoms with Crippen LogP contribution in [0.1, 0.15) is 12.8 Å². The number of nitrogens with zero attached hydrogens (tertiary/aromatic N) is 2. The number of hydrogen-bond donors (Lipinski definition) is 1. The van der Waals surface area contributed by atoms with Crippen LogP contribution in [0.5, 0.6) is 11.5 Å². The fourth-order valence-corrected chi connectivity index (χ4v) is 4.09. The van der Waals surface area contributed by atoms with Crippen LogP contribution in [0.3, 0.4) is 0 Å². The molecule has 0 spiro atoms. The van der Waals surface area contributed by atoms with Crippen molar-refractivity contribution < 1.29 is 19.0 Å². The van der Waals surface area contributed by atoms with Gasteiger partial charge in [0.25, 0.3) is 0 Å². The molecule has 3 aliphatic rings. The van der Waals surface area contributed by atoms with Gasteiger partial charge in [0.2, 0.25) is 5.91 Å². The van der Waals surface area contributed by atoms with Crippen LogP contribution >= 0.6 is 0 Å². The Labute approximate surface area is 166 Å². The van der Waals surface area contributed by atoms with Gasteiger partial charge in [0.05, 0.1) is 19.8 Å². The number of para-hydroxylation sites is 2. The number of piperidine rings is 1. The first-order valence-corrected chi connectivity index (χ1v) is 10.4.